The minimum atomic E-state index is -0.0931. The highest BCUT2D eigenvalue weighted by Crippen LogP contribution is 2.46. The van der Waals surface area contributed by atoms with Crippen molar-refractivity contribution in [3.05, 3.63) is 24.9 Å². The third kappa shape index (κ3) is 4.16. The summed E-state index contributed by atoms with van der Waals surface area (Å²) in [5.74, 6) is 2.82. The number of fused-ring (bicyclic) bond motifs is 2. The van der Waals surface area contributed by atoms with Gasteiger partial charge in [-0.3, -0.25) is 19.4 Å². The molecule has 32 heavy (non-hydrogen) atoms. The molecular formula is C22H30N6O4. The molecule has 2 amide bonds. The minimum absolute atomic E-state index is 0.0807. The van der Waals surface area contributed by atoms with Gasteiger partial charge >= 0.3 is 12.0 Å². The number of oxazole rings is 2. The fourth-order valence-corrected chi connectivity index (χ4v) is 5.00. The second-order valence-corrected chi connectivity index (χ2v) is 9.19. The number of hydrogen-bond acceptors (Lipinski definition) is 8. The summed E-state index contributed by atoms with van der Waals surface area (Å²) >= 11 is 0. The standard InChI is InChI=1S/2C11H15N3O2/c2*1-12-9-5-7-4-8(7)6-14(10(9)15)11-13-2-3-16-11/h2*2-3,7-9,12H,4-6H2,1H3. The summed E-state index contributed by atoms with van der Waals surface area (Å²) in [6.45, 7) is 1.50. The van der Waals surface area contributed by atoms with Crippen LogP contribution in [0.15, 0.2) is 33.8 Å². The van der Waals surface area contributed by atoms with Crippen molar-refractivity contribution in [1.29, 1.82) is 0 Å². The van der Waals surface area contributed by atoms with Gasteiger partial charge in [0, 0.05) is 13.1 Å². The van der Waals surface area contributed by atoms with Crippen LogP contribution in [0, 0.1) is 23.7 Å². The molecule has 2 aromatic heterocycles. The largest absolute Gasteiger partial charge is 0.432 e. The lowest BCUT2D eigenvalue weighted by atomic mass is 10.1. The molecule has 0 spiro atoms. The summed E-state index contributed by atoms with van der Waals surface area (Å²) in [6, 6.07) is 0.671. The Morgan fingerprint density at radius 2 is 1.19 bits per heavy atom. The first-order valence-corrected chi connectivity index (χ1v) is 11.3. The number of likely N-dealkylation sites (N-methyl/N-ethyl adjacent to an activating group) is 2. The first kappa shape index (κ1) is 21.1. The van der Waals surface area contributed by atoms with Crippen molar-refractivity contribution >= 4 is 23.8 Å². The molecule has 4 fully saturated rings. The Hall–Kier alpha value is -2.72. The van der Waals surface area contributed by atoms with E-state index in [1.165, 1.54) is 25.4 Å². The summed E-state index contributed by atoms with van der Waals surface area (Å²) in [7, 11) is 3.66. The van der Waals surface area contributed by atoms with Crippen molar-refractivity contribution in [2.45, 2.75) is 37.8 Å². The Balaban J connectivity index is 0.000000135. The predicted molar refractivity (Wildman–Crippen MR) is 116 cm³/mol. The Morgan fingerprint density at radius 3 is 1.53 bits per heavy atom. The first-order chi connectivity index (χ1) is 15.6. The molecule has 2 aliphatic heterocycles. The van der Waals surface area contributed by atoms with E-state index >= 15 is 0 Å². The van der Waals surface area contributed by atoms with E-state index in [9.17, 15) is 9.59 Å². The lowest BCUT2D eigenvalue weighted by Crippen LogP contribution is -2.45. The highest BCUT2D eigenvalue weighted by molar-refractivity contribution is 5.96. The zero-order chi connectivity index (χ0) is 22.2. The first-order valence-electron chi connectivity index (χ1n) is 11.3. The van der Waals surface area contributed by atoms with E-state index in [-0.39, 0.29) is 23.9 Å². The lowest BCUT2D eigenvalue weighted by Gasteiger charge is -2.21. The molecule has 2 saturated heterocycles. The Morgan fingerprint density at radius 1 is 0.750 bits per heavy atom. The van der Waals surface area contributed by atoms with E-state index < -0.39 is 0 Å². The maximum Gasteiger partial charge on any atom is 0.304 e. The molecule has 4 heterocycles. The number of rotatable bonds is 4. The average Bonchev–Trinajstić information content (AvgIpc) is 3.56. The van der Waals surface area contributed by atoms with Gasteiger partial charge < -0.3 is 19.5 Å². The normalized spacial score (nSPS) is 33.4. The number of nitrogens with zero attached hydrogens (tertiary/aromatic N) is 4. The van der Waals surface area contributed by atoms with Crippen LogP contribution in [0.25, 0.3) is 0 Å². The van der Waals surface area contributed by atoms with Crippen molar-refractivity contribution in [3.63, 3.8) is 0 Å². The molecular weight excluding hydrogens is 412 g/mol. The molecule has 6 unspecified atom stereocenters. The smallest absolute Gasteiger partial charge is 0.304 e. The van der Waals surface area contributed by atoms with Crippen LogP contribution in [0.3, 0.4) is 0 Å². The van der Waals surface area contributed by atoms with Crippen molar-refractivity contribution in [2.75, 3.05) is 37.0 Å². The summed E-state index contributed by atoms with van der Waals surface area (Å²) in [4.78, 5) is 35.9. The zero-order valence-electron chi connectivity index (χ0n) is 18.4. The van der Waals surface area contributed by atoms with E-state index in [2.05, 4.69) is 20.6 Å². The molecule has 172 valence electrons. The van der Waals surface area contributed by atoms with Crippen molar-refractivity contribution in [1.82, 2.24) is 20.6 Å². The molecule has 2 N–H and O–H groups in total. The predicted octanol–water partition coefficient (Wildman–Crippen LogP) is 1.27. The highest BCUT2D eigenvalue weighted by Gasteiger charge is 2.47. The number of carbonyl (C=O) groups is 2. The Labute approximate surface area is 186 Å². The van der Waals surface area contributed by atoms with E-state index in [1.807, 2.05) is 14.1 Å². The molecule has 2 aromatic rings. The molecule has 4 aliphatic rings. The SMILES string of the molecule is CNC1CC2CC2CN(c2ncco2)C1=O.CNC1CC2CC2CN(c2ncco2)C1=O. The highest BCUT2D eigenvalue weighted by atomic mass is 16.4. The van der Waals surface area contributed by atoms with Gasteiger partial charge in [-0.1, -0.05) is 0 Å². The quantitative estimate of drug-likeness (QED) is 0.727. The van der Waals surface area contributed by atoms with Crippen LogP contribution in [0.5, 0.6) is 0 Å². The Bertz CT molecular complexity index is 856. The van der Waals surface area contributed by atoms with Gasteiger partial charge in [0.1, 0.15) is 12.5 Å². The van der Waals surface area contributed by atoms with Crippen LogP contribution in [-0.4, -0.2) is 61.1 Å². The van der Waals surface area contributed by atoms with Crippen LogP contribution in [0.4, 0.5) is 12.0 Å². The average molecular weight is 443 g/mol. The lowest BCUT2D eigenvalue weighted by molar-refractivity contribution is -0.121. The van der Waals surface area contributed by atoms with Gasteiger partial charge in [0.15, 0.2) is 0 Å². The van der Waals surface area contributed by atoms with E-state index in [0.29, 0.717) is 35.7 Å². The molecule has 0 aromatic carbocycles. The maximum atomic E-state index is 12.2. The maximum absolute atomic E-state index is 12.2. The van der Waals surface area contributed by atoms with Gasteiger partial charge in [-0.15, -0.1) is 0 Å². The number of carbonyl (C=O) groups excluding carboxylic acids is 2. The summed E-state index contributed by atoms with van der Waals surface area (Å²) in [5, 5.41) is 6.16. The fourth-order valence-electron chi connectivity index (χ4n) is 5.00. The molecule has 0 radical (unpaired) electrons. The van der Waals surface area contributed by atoms with E-state index in [1.54, 1.807) is 22.2 Å². The third-order valence-corrected chi connectivity index (χ3v) is 7.17. The second kappa shape index (κ2) is 8.67. The van der Waals surface area contributed by atoms with Gasteiger partial charge in [0.25, 0.3) is 0 Å². The van der Waals surface area contributed by atoms with Gasteiger partial charge in [-0.2, -0.15) is 0 Å². The summed E-state index contributed by atoms with van der Waals surface area (Å²) < 4.78 is 10.4. The van der Waals surface area contributed by atoms with Gasteiger partial charge in [0.05, 0.1) is 24.5 Å². The van der Waals surface area contributed by atoms with E-state index in [4.69, 9.17) is 8.83 Å². The number of aromatic nitrogens is 2. The van der Waals surface area contributed by atoms with Crippen LogP contribution < -0.4 is 20.4 Å². The molecule has 2 saturated carbocycles. The van der Waals surface area contributed by atoms with E-state index in [0.717, 1.165) is 25.9 Å². The van der Waals surface area contributed by atoms with Gasteiger partial charge in [0.2, 0.25) is 11.8 Å². The zero-order valence-corrected chi connectivity index (χ0v) is 18.4. The summed E-state index contributed by atoms with van der Waals surface area (Å²) in [6.07, 6.45) is 10.5. The van der Waals surface area contributed by atoms with Crippen molar-refractivity contribution < 1.29 is 18.4 Å². The van der Waals surface area contributed by atoms with Crippen molar-refractivity contribution in [3.8, 4) is 0 Å². The molecule has 6 rings (SSSR count). The summed E-state index contributed by atoms with van der Waals surface area (Å²) in [5.41, 5.74) is 0. The van der Waals surface area contributed by atoms with Crippen LogP contribution in [0.2, 0.25) is 0 Å². The van der Waals surface area contributed by atoms with Crippen LogP contribution >= 0.6 is 0 Å². The van der Waals surface area contributed by atoms with Crippen molar-refractivity contribution in [2.24, 2.45) is 23.7 Å². The molecule has 10 nitrogen and oxygen atoms in total. The Kier molecular flexibility index (Phi) is 5.73. The topological polar surface area (TPSA) is 117 Å². The number of amides is 2. The molecule has 10 heteroatoms. The fraction of sp³-hybridized carbons (Fsp3) is 0.636. The number of hydrogen-bond donors (Lipinski definition) is 2. The second-order valence-electron chi connectivity index (χ2n) is 9.19. The minimum Gasteiger partial charge on any atom is -0.432 e. The van der Waals surface area contributed by atoms with Gasteiger partial charge in [-0.05, 0) is 63.5 Å². The monoisotopic (exact) mass is 442 g/mol. The number of anilines is 2. The van der Waals surface area contributed by atoms with Crippen LogP contribution in [0.1, 0.15) is 25.7 Å². The number of nitrogens with one attached hydrogen (secondary N) is 2. The van der Waals surface area contributed by atoms with Crippen LogP contribution in [-0.2, 0) is 9.59 Å². The molecule has 2 aliphatic carbocycles. The van der Waals surface area contributed by atoms with Gasteiger partial charge in [-0.25, -0.2) is 9.97 Å². The third-order valence-electron chi connectivity index (χ3n) is 7.17. The molecule has 0 bridgehead atoms. The molecule has 6 atom stereocenters.